The second-order valence-electron chi connectivity index (χ2n) is 3.57. The lowest BCUT2D eigenvalue weighted by Crippen LogP contribution is -2.11. The fourth-order valence-electron chi connectivity index (χ4n) is 1.32. The van der Waals surface area contributed by atoms with Gasteiger partial charge in [0.1, 0.15) is 11.6 Å². The Labute approximate surface area is 106 Å². The van der Waals surface area contributed by atoms with Crippen molar-refractivity contribution in [3.05, 3.63) is 24.3 Å². The van der Waals surface area contributed by atoms with E-state index in [2.05, 4.69) is 5.16 Å². The maximum Gasteiger partial charge on any atom is 0.139 e. The minimum atomic E-state index is 0.273. The first-order chi connectivity index (χ1) is 8.26. The molecule has 0 atom stereocenters. The van der Waals surface area contributed by atoms with Crippen LogP contribution < -0.4 is 10.5 Å². The number of amidine groups is 1. The molecule has 0 aliphatic rings. The summed E-state index contributed by atoms with van der Waals surface area (Å²) in [6.45, 7) is 0.650. The van der Waals surface area contributed by atoms with Gasteiger partial charge in [-0.05, 0) is 43.4 Å². The van der Waals surface area contributed by atoms with Gasteiger partial charge in [-0.3, -0.25) is 0 Å². The van der Waals surface area contributed by atoms with Crippen LogP contribution in [0, 0.1) is 0 Å². The van der Waals surface area contributed by atoms with Crippen LogP contribution in [0.15, 0.2) is 34.3 Å². The highest BCUT2D eigenvalue weighted by Crippen LogP contribution is 2.19. The third-order valence-corrected chi connectivity index (χ3v) is 3.03. The highest BCUT2D eigenvalue weighted by atomic mass is 32.2. The average Bonchev–Trinajstić information content (AvgIpc) is 2.38. The van der Waals surface area contributed by atoms with Crippen molar-refractivity contribution >= 4 is 17.6 Å². The van der Waals surface area contributed by atoms with Gasteiger partial charge in [-0.25, -0.2) is 0 Å². The van der Waals surface area contributed by atoms with E-state index in [0.29, 0.717) is 13.0 Å². The standard InChI is InChI=1S/C12H18N2O2S/c1-17-11-7-5-10(6-8-11)16-9-3-2-4-12(13)14-15/h5-8,15H,2-4,9H2,1H3,(H2,13,14). The number of hydrogen-bond donors (Lipinski definition) is 2. The van der Waals surface area contributed by atoms with Crippen molar-refractivity contribution in [2.45, 2.75) is 24.2 Å². The quantitative estimate of drug-likeness (QED) is 0.196. The third-order valence-electron chi connectivity index (χ3n) is 2.28. The van der Waals surface area contributed by atoms with Crippen LogP contribution >= 0.6 is 11.8 Å². The minimum Gasteiger partial charge on any atom is -0.494 e. The van der Waals surface area contributed by atoms with Gasteiger partial charge in [0.15, 0.2) is 0 Å². The Kier molecular flexibility index (Phi) is 6.32. The number of oxime groups is 1. The Morgan fingerprint density at radius 3 is 2.65 bits per heavy atom. The molecule has 3 N–H and O–H groups in total. The maximum absolute atomic E-state index is 8.35. The van der Waals surface area contributed by atoms with E-state index in [4.69, 9.17) is 15.7 Å². The van der Waals surface area contributed by atoms with Crippen LogP contribution in [-0.4, -0.2) is 23.9 Å². The van der Waals surface area contributed by atoms with E-state index in [-0.39, 0.29) is 5.84 Å². The zero-order valence-electron chi connectivity index (χ0n) is 9.93. The molecule has 0 saturated heterocycles. The van der Waals surface area contributed by atoms with Crippen molar-refractivity contribution in [2.24, 2.45) is 10.9 Å². The molecule has 1 rings (SSSR count). The number of thioether (sulfide) groups is 1. The largest absolute Gasteiger partial charge is 0.494 e. The molecule has 4 nitrogen and oxygen atoms in total. The van der Waals surface area contributed by atoms with Crippen LogP contribution in [-0.2, 0) is 0 Å². The Balaban J connectivity index is 2.17. The zero-order chi connectivity index (χ0) is 12.5. The van der Waals surface area contributed by atoms with Crippen molar-refractivity contribution in [1.29, 1.82) is 0 Å². The van der Waals surface area contributed by atoms with Gasteiger partial charge in [0.2, 0.25) is 0 Å². The molecule has 0 aromatic heterocycles. The lowest BCUT2D eigenvalue weighted by atomic mass is 10.2. The smallest absolute Gasteiger partial charge is 0.139 e. The fraction of sp³-hybridized carbons (Fsp3) is 0.417. The molecule has 0 radical (unpaired) electrons. The van der Waals surface area contributed by atoms with Crippen molar-refractivity contribution in [2.75, 3.05) is 12.9 Å². The van der Waals surface area contributed by atoms with Gasteiger partial charge in [-0.2, -0.15) is 0 Å². The van der Waals surface area contributed by atoms with Gasteiger partial charge < -0.3 is 15.7 Å². The predicted octanol–water partition coefficient (Wildman–Crippen LogP) is 2.70. The summed E-state index contributed by atoms with van der Waals surface area (Å²) in [6, 6.07) is 8.01. The van der Waals surface area contributed by atoms with Crippen LogP contribution in [0.1, 0.15) is 19.3 Å². The normalized spacial score (nSPS) is 11.5. The summed E-state index contributed by atoms with van der Waals surface area (Å²) in [6.07, 6.45) is 4.40. The molecule has 1 aromatic rings. The number of nitrogens with two attached hydrogens (primary N) is 1. The summed E-state index contributed by atoms with van der Waals surface area (Å²) in [4.78, 5) is 1.23. The number of nitrogens with zero attached hydrogens (tertiary/aromatic N) is 1. The lowest BCUT2D eigenvalue weighted by molar-refractivity contribution is 0.304. The molecule has 0 unspecified atom stereocenters. The van der Waals surface area contributed by atoms with Gasteiger partial charge in [0, 0.05) is 11.3 Å². The fourth-order valence-corrected chi connectivity index (χ4v) is 1.73. The molecule has 5 heteroatoms. The van der Waals surface area contributed by atoms with E-state index in [9.17, 15) is 0 Å². The van der Waals surface area contributed by atoms with E-state index in [1.165, 1.54) is 4.90 Å². The van der Waals surface area contributed by atoms with Crippen LogP contribution in [0.25, 0.3) is 0 Å². The first kappa shape index (κ1) is 13.7. The summed E-state index contributed by atoms with van der Waals surface area (Å²) in [5.41, 5.74) is 5.36. The average molecular weight is 254 g/mol. The molecule has 1 aromatic carbocycles. The molecule has 0 spiro atoms. The molecule has 17 heavy (non-hydrogen) atoms. The summed E-state index contributed by atoms with van der Waals surface area (Å²) in [5, 5.41) is 11.3. The van der Waals surface area contributed by atoms with E-state index >= 15 is 0 Å². The number of benzene rings is 1. The highest BCUT2D eigenvalue weighted by Gasteiger charge is 1.96. The van der Waals surface area contributed by atoms with Crippen molar-refractivity contribution in [3.63, 3.8) is 0 Å². The topological polar surface area (TPSA) is 67.8 Å². The Hall–Kier alpha value is -1.36. The molecule has 0 aliphatic carbocycles. The zero-order valence-corrected chi connectivity index (χ0v) is 10.7. The second kappa shape index (κ2) is 7.84. The van der Waals surface area contributed by atoms with Crippen LogP contribution in [0.4, 0.5) is 0 Å². The highest BCUT2D eigenvalue weighted by molar-refractivity contribution is 7.98. The molecule has 0 heterocycles. The molecule has 0 aliphatic heterocycles. The minimum absolute atomic E-state index is 0.273. The molecular formula is C12H18N2O2S. The first-order valence-corrected chi connectivity index (χ1v) is 6.72. The summed E-state index contributed by atoms with van der Waals surface area (Å²) in [7, 11) is 0. The lowest BCUT2D eigenvalue weighted by Gasteiger charge is -2.06. The van der Waals surface area contributed by atoms with Crippen molar-refractivity contribution in [1.82, 2.24) is 0 Å². The Morgan fingerprint density at radius 1 is 1.35 bits per heavy atom. The number of hydrogen-bond acceptors (Lipinski definition) is 4. The molecule has 0 bridgehead atoms. The van der Waals surface area contributed by atoms with Gasteiger partial charge in [-0.1, -0.05) is 5.16 Å². The summed E-state index contributed by atoms with van der Waals surface area (Å²) in [5.74, 6) is 1.15. The van der Waals surface area contributed by atoms with Crippen LogP contribution in [0.2, 0.25) is 0 Å². The molecule has 0 saturated carbocycles. The van der Waals surface area contributed by atoms with Crippen molar-refractivity contribution < 1.29 is 9.94 Å². The molecule has 0 amide bonds. The maximum atomic E-state index is 8.35. The Morgan fingerprint density at radius 2 is 2.06 bits per heavy atom. The SMILES string of the molecule is CSc1ccc(OCCCCC(N)=NO)cc1. The monoisotopic (exact) mass is 254 g/mol. The summed E-state index contributed by atoms with van der Waals surface area (Å²) < 4.78 is 5.57. The molecule has 0 fully saturated rings. The van der Waals surface area contributed by atoms with Gasteiger partial charge in [-0.15, -0.1) is 11.8 Å². The first-order valence-electron chi connectivity index (χ1n) is 5.49. The molecule has 94 valence electrons. The predicted molar refractivity (Wildman–Crippen MR) is 71.0 cm³/mol. The van der Waals surface area contributed by atoms with E-state index in [1.54, 1.807) is 11.8 Å². The van der Waals surface area contributed by atoms with Gasteiger partial charge in [0.25, 0.3) is 0 Å². The van der Waals surface area contributed by atoms with E-state index in [0.717, 1.165) is 18.6 Å². The number of rotatable bonds is 7. The number of ether oxygens (including phenoxy) is 1. The molecular weight excluding hydrogens is 236 g/mol. The van der Waals surface area contributed by atoms with Gasteiger partial charge in [0.05, 0.1) is 6.61 Å². The van der Waals surface area contributed by atoms with Crippen LogP contribution in [0.3, 0.4) is 0 Å². The number of unbranched alkanes of at least 4 members (excludes halogenated alkanes) is 1. The second-order valence-corrected chi connectivity index (χ2v) is 4.45. The Bertz CT molecular complexity index is 352. The van der Waals surface area contributed by atoms with Gasteiger partial charge >= 0.3 is 0 Å². The van der Waals surface area contributed by atoms with E-state index in [1.807, 2.05) is 30.5 Å². The van der Waals surface area contributed by atoms with Crippen LogP contribution in [0.5, 0.6) is 5.75 Å². The summed E-state index contributed by atoms with van der Waals surface area (Å²) >= 11 is 1.71. The third kappa shape index (κ3) is 5.49. The van der Waals surface area contributed by atoms with E-state index < -0.39 is 0 Å². The van der Waals surface area contributed by atoms with Crippen molar-refractivity contribution in [3.8, 4) is 5.75 Å².